The largest absolute Gasteiger partial charge is 0.378 e. The van der Waals surface area contributed by atoms with E-state index < -0.39 is 0 Å². The summed E-state index contributed by atoms with van der Waals surface area (Å²) in [5, 5.41) is 9.59. The van der Waals surface area contributed by atoms with Gasteiger partial charge in [-0.3, -0.25) is 4.79 Å². The van der Waals surface area contributed by atoms with Gasteiger partial charge in [0.05, 0.1) is 23.3 Å². The van der Waals surface area contributed by atoms with Gasteiger partial charge in [-0.05, 0) is 30.3 Å². The van der Waals surface area contributed by atoms with Gasteiger partial charge in [-0.2, -0.15) is 0 Å². The van der Waals surface area contributed by atoms with Crippen LogP contribution in [-0.4, -0.2) is 73.5 Å². The number of carbonyl (C=O) groups is 1. The molecule has 28 heavy (non-hydrogen) atoms. The van der Waals surface area contributed by atoms with Gasteiger partial charge in [0.2, 0.25) is 0 Å². The molecule has 2 aliphatic heterocycles. The smallest absolute Gasteiger partial charge is 0.254 e. The molecule has 2 aliphatic rings. The number of nitrogens with zero attached hydrogens (tertiary/aromatic N) is 5. The maximum atomic E-state index is 12.7. The molecule has 4 rings (SSSR count). The second kappa shape index (κ2) is 8.51. The number of anilines is 2. The average Bonchev–Trinajstić information content (AvgIpc) is 2.76. The molecule has 7 nitrogen and oxygen atoms in total. The van der Waals surface area contributed by atoms with Gasteiger partial charge in [0.15, 0.2) is 11.6 Å². The maximum absolute atomic E-state index is 12.7. The van der Waals surface area contributed by atoms with E-state index in [2.05, 4.69) is 20.0 Å². The van der Waals surface area contributed by atoms with Crippen molar-refractivity contribution in [2.75, 3.05) is 62.3 Å². The van der Waals surface area contributed by atoms with Crippen LogP contribution in [0, 0.1) is 0 Å². The molecule has 1 amide bonds. The maximum Gasteiger partial charge on any atom is 0.254 e. The molecule has 148 valence electrons. The van der Waals surface area contributed by atoms with Crippen LogP contribution < -0.4 is 9.80 Å². The summed E-state index contributed by atoms with van der Waals surface area (Å²) >= 11 is 12.0. The Kier molecular flexibility index (Phi) is 5.85. The highest BCUT2D eigenvalue weighted by atomic mass is 35.5. The van der Waals surface area contributed by atoms with Crippen LogP contribution in [0.25, 0.3) is 0 Å². The highest BCUT2D eigenvalue weighted by Gasteiger charge is 2.24. The fourth-order valence-corrected chi connectivity index (χ4v) is 3.70. The Bertz CT molecular complexity index is 835. The van der Waals surface area contributed by atoms with Crippen molar-refractivity contribution in [2.45, 2.75) is 0 Å². The molecular weight excluding hydrogens is 401 g/mol. The van der Waals surface area contributed by atoms with Crippen LogP contribution in [0.4, 0.5) is 11.6 Å². The highest BCUT2D eigenvalue weighted by Crippen LogP contribution is 2.24. The van der Waals surface area contributed by atoms with Gasteiger partial charge >= 0.3 is 0 Å². The summed E-state index contributed by atoms with van der Waals surface area (Å²) in [6.45, 7) is 5.76. The number of piperazine rings is 1. The minimum Gasteiger partial charge on any atom is -0.378 e. The summed E-state index contributed by atoms with van der Waals surface area (Å²) in [6.07, 6.45) is 0. The molecule has 3 heterocycles. The zero-order valence-corrected chi connectivity index (χ0v) is 16.9. The van der Waals surface area contributed by atoms with Crippen LogP contribution in [0.1, 0.15) is 10.4 Å². The van der Waals surface area contributed by atoms with Gasteiger partial charge in [0.25, 0.3) is 5.91 Å². The number of carbonyl (C=O) groups excluding carboxylic acids is 1. The van der Waals surface area contributed by atoms with Crippen LogP contribution in [0.2, 0.25) is 10.0 Å². The van der Waals surface area contributed by atoms with Gasteiger partial charge < -0.3 is 19.4 Å². The van der Waals surface area contributed by atoms with E-state index in [1.54, 1.807) is 18.2 Å². The van der Waals surface area contributed by atoms with E-state index in [-0.39, 0.29) is 5.91 Å². The number of benzene rings is 1. The minimum absolute atomic E-state index is 0.0352. The van der Waals surface area contributed by atoms with E-state index in [4.69, 9.17) is 27.9 Å². The third-order valence-electron chi connectivity index (χ3n) is 5.03. The first kappa shape index (κ1) is 19.2. The fraction of sp³-hybridized carbons (Fsp3) is 0.421. The molecule has 1 aromatic carbocycles. The zero-order chi connectivity index (χ0) is 19.5. The Morgan fingerprint density at radius 1 is 0.821 bits per heavy atom. The van der Waals surface area contributed by atoms with E-state index in [0.29, 0.717) is 41.8 Å². The van der Waals surface area contributed by atoms with Crippen molar-refractivity contribution < 1.29 is 9.53 Å². The molecule has 2 aromatic rings. The number of aromatic nitrogens is 2. The number of amides is 1. The Morgan fingerprint density at radius 3 is 2.00 bits per heavy atom. The number of hydrogen-bond donors (Lipinski definition) is 0. The zero-order valence-electron chi connectivity index (χ0n) is 15.4. The minimum atomic E-state index is -0.0352. The Labute approximate surface area is 173 Å². The molecule has 0 saturated carbocycles. The fourth-order valence-electron chi connectivity index (χ4n) is 3.40. The SMILES string of the molecule is O=C(c1ccc(Cl)c(Cl)c1)N1CCN(c2ccc(N3CCOCC3)nn2)CC1. The van der Waals surface area contributed by atoms with Crippen molar-refractivity contribution in [3.8, 4) is 0 Å². The monoisotopic (exact) mass is 421 g/mol. The lowest BCUT2D eigenvalue weighted by atomic mass is 10.2. The summed E-state index contributed by atoms with van der Waals surface area (Å²) < 4.78 is 5.37. The first-order chi connectivity index (χ1) is 13.6. The average molecular weight is 422 g/mol. The van der Waals surface area contributed by atoms with Crippen LogP contribution in [0.15, 0.2) is 30.3 Å². The quantitative estimate of drug-likeness (QED) is 0.758. The van der Waals surface area contributed by atoms with Gasteiger partial charge in [0.1, 0.15) is 0 Å². The lowest BCUT2D eigenvalue weighted by Gasteiger charge is -2.35. The van der Waals surface area contributed by atoms with Crippen molar-refractivity contribution in [1.82, 2.24) is 15.1 Å². The lowest BCUT2D eigenvalue weighted by molar-refractivity contribution is 0.0746. The van der Waals surface area contributed by atoms with Crippen LogP contribution in [-0.2, 0) is 4.74 Å². The molecule has 1 aromatic heterocycles. The first-order valence-corrected chi connectivity index (χ1v) is 10.0. The van der Waals surface area contributed by atoms with Crippen molar-refractivity contribution in [1.29, 1.82) is 0 Å². The summed E-state index contributed by atoms with van der Waals surface area (Å²) in [5.41, 5.74) is 0.553. The number of ether oxygens (including phenoxy) is 1. The number of rotatable bonds is 3. The summed E-state index contributed by atoms with van der Waals surface area (Å²) in [6, 6.07) is 8.97. The molecule has 9 heteroatoms. The van der Waals surface area contributed by atoms with Crippen LogP contribution in [0.3, 0.4) is 0 Å². The van der Waals surface area contributed by atoms with Gasteiger partial charge in [-0.25, -0.2) is 0 Å². The van der Waals surface area contributed by atoms with E-state index in [1.807, 2.05) is 17.0 Å². The van der Waals surface area contributed by atoms with Crippen molar-refractivity contribution in [2.24, 2.45) is 0 Å². The standard InChI is InChI=1S/C19H21Cl2N5O2/c20-15-2-1-14(13-16(15)21)19(27)26-7-5-24(6-8-26)17-3-4-18(23-22-17)25-9-11-28-12-10-25/h1-4,13H,5-12H2. The Hall–Kier alpha value is -2.09. The molecule has 2 saturated heterocycles. The molecule has 0 aliphatic carbocycles. The van der Waals surface area contributed by atoms with E-state index in [1.165, 1.54) is 0 Å². The Balaban J connectivity index is 1.35. The predicted octanol–water partition coefficient (Wildman–Crippen LogP) is 2.58. The van der Waals surface area contributed by atoms with Crippen molar-refractivity contribution >= 4 is 40.7 Å². The van der Waals surface area contributed by atoms with E-state index in [9.17, 15) is 4.79 Å². The summed E-state index contributed by atoms with van der Waals surface area (Å²) in [5.74, 6) is 1.67. The molecule has 0 radical (unpaired) electrons. The summed E-state index contributed by atoms with van der Waals surface area (Å²) in [4.78, 5) is 18.8. The molecular formula is C19H21Cl2N5O2. The van der Waals surface area contributed by atoms with E-state index >= 15 is 0 Å². The molecule has 2 fully saturated rings. The number of halogens is 2. The Morgan fingerprint density at radius 2 is 1.43 bits per heavy atom. The normalized spacial score (nSPS) is 17.7. The molecule has 0 unspecified atom stereocenters. The van der Waals surface area contributed by atoms with Crippen molar-refractivity contribution in [3.05, 3.63) is 45.9 Å². The lowest BCUT2D eigenvalue weighted by Crippen LogP contribution is -2.49. The molecule has 0 N–H and O–H groups in total. The summed E-state index contributed by atoms with van der Waals surface area (Å²) in [7, 11) is 0. The number of morpholine rings is 1. The third-order valence-corrected chi connectivity index (χ3v) is 5.77. The predicted molar refractivity (Wildman–Crippen MR) is 110 cm³/mol. The number of hydrogen-bond acceptors (Lipinski definition) is 6. The molecule has 0 spiro atoms. The van der Waals surface area contributed by atoms with Crippen molar-refractivity contribution in [3.63, 3.8) is 0 Å². The molecule has 0 bridgehead atoms. The van der Waals surface area contributed by atoms with Crippen LogP contribution in [0.5, 0.6) is 0 Å². The highest BCUT2D eigenvalue weighted by molar-refractivity contribution is 6.42. The first-order valence-electron chi connectivity index (χ1n) is 9.27. The van der Waals surface area contributed by atoms with Gasteiger partial charge in [-0.15, -0.1) is 10.2 Å². The van der Waals surface area contributed by atoms with Gasteiger partial charge in [0, 0.05) is 44.8 Å². The van der Waals surface area contributed by atoms with Gasteiger partial charge in [-0.1, -0.05) is 23.2 Å². The topological polar surface area (TPSA) is 61.8 Å². The second-order valence-corrected chi connectivity index (χ2v) is 7.57. The second-order valence-electron chi connectivity index (χ2n) is 6.76. The third kappa shape index (κ3) is 4.16. The van der Waals surface area contributed by atoms with E-state index in [0.717, 1.165) is 37.9 Å². The van der Waals surface area contributed by atoms with Crippen LogP contribution >= 0.6 is 23.2 Å². The molecule has 0 atom stereocenters.